The predicted octanol–water partition coefficient (Wildman–Crippen LogP) is 0.747. The van der Waals surface area contributed by atoms with Gasteiger partial charge in [0.15, 0.2) is 0 Å². The Morgan fingerprint density at radius 3 is 2.08 bits per heavy atom. The van der Waals surface area contributed by atoms with E-state index in [1.165, 1.54) is 11.1 Å². The third-order valence-electron chi connectivity index (χ3n) is 2.52. The molecular formula is C7H15F2N3. The number of nitrogens with one attached hydrogen (secondary N) is 2. The smallest absolute Gasteiger partial charge is 0.127 e. The minimum atomic E-state index is -1.13. The summed E-state index contributed by atoms with van der Waals surface area (Å²) in [5.74, 6) is 0. The van der Waals surface area contributed by atoms with Gasteiger partial charge in [0.1, 0.15) is 5.66 Å². The van der Waals surface area contributed by atoms with Crippen LogP contribution < -0.4 is 11.1 Å². The Kier molecular flexibility index (Phi) is 3.37. The fourth-order valence-corrected chi connectivity index (χ4v) is 1.46. The maximum Gasteiger partial charge on any atom is 0.127 e. The molecule has 1 aliphatic heterocycles. The summed E-state index contributed by atoms with van der Waals surface area (Å²) in [4.78, 5) is 2.16. The largest absolute Gasteiger partial charge is 0.303 e. The van der Waals surface area contributed by atoms with Gasteiger partial charge in [-0.3, -0.25) is 0 Å². The molecule has 0 spiro atoms. The van der Waals surface area contributed by atoms with Crippen molar-refractivity contribution in [3.63, 3.8) is 0 Å². The number of halogens is 2. The Morgan fingerprint density at radius 2 is 1.75 bits per heavy atom. The first-order chi connectivity index (χ1) is 5.76. The monoisotopic (exact) mass is 179 g/mol. The van der Waals surface area contributed by atoms with Gasteiger partial charge in [-0.1, -0.05) is 6.92 Å². The lowest BCUT2D eigenvalue weighted by atomic mass is 9.99. The summed E-state index contributed by atoms with van der Waals surface area (Å²) in [5.41, 5.74) is 1.86. The van der Waals surface area contributed by atoms with Crippen molar-refractivity contribution in [3.05, 3.63) is 0 Å². The van der Waals surface area contributed by atoms with Crippen molar-refractivity contribution in [2.45, 2.75) is 25.4 Å². The zero-order chi connectivity index (χ0) is 9.03. The minimum Gasteiger partial charge on any atom is -0.303 e. The molecule has 5 heteroatoms. The second-order valence-corrected chi connectivity index (χ2v) is 3.21. The molecule has 3 nitrogen and oxygen atoms in total. The lowest BCUT2D eigenvalue weighted by Gasteiger charge is -2.37. The minimum absolute atomic E-state index is 0.452. The summed E-state index contributed by atoms with van der Waals surface area (Å²) in [5, 5.41) is 0. The Labute approximate surface area is 71.0 Å². The average Bonchev–Trinajstić information content (AvgIpc) is 2.18. The standard InChI is InChI=1S/C7H15F2N3/c1-2-12-5-3-7(10-8,11-9)4-6-12/h10-11H,2-6H2,1H3. The van der Waals surface area contributed by atoms with Crippen LogP contribution in [-0.4, -0.2) is 30.2 Å². The molecule has 1 aliphatic rings. The van der Waals surface area contributed by atoms with Crippen LogP contribution in [0.3, 0.4) is 0 Å². The lowest BCUT2D eigenvalue weighted by Crippen LogP contribution is -2.57. The van der Waals surface area contributed by atoms with Gasteiger partial charge >= 0.3 is 0 Å². The van der Waals surface area contributed by atoms with Crippen LogP contribution >= 0.6 is 0 Å². The Balaban J connectivity index is 2.42. The second-order valence-electron chi connectivity index (χ2n) is 3.21. The number of hydrogen-bond donors (Lipinski definition) is 2. The number of rotatable bonds is 3. The maximum absolute atomic E-state index is 12.2. The van der Waals surface area contributed by atoms with Gasteiger partial charge in [0.2, 0.25) is 0 Å². The zero-order valence-electron chi connectivity index (χ0n) is 7.24. The summed E-state index contributed by atoms with van der Waals surface area (Å²) in [7, 11) is 0. The first-order valence-corrected chi connectivity index (χ1v) is 4.24. The topological polar surface area (TPSA) is 27.3 Å². The van der Waals surface area contributed by atoms with E-state index >= 15 is 0 Å². The highest BCUT2D eigenvalue weighted by Gasteiger charge is 2.34. The normalized spacial score (nSPS) is 24.2. The molecule has 2 N–H and O–H groups in total. The molecule has 0 aromatic rings. The molecule has 0 saturated carbocycles. The second kappa shape index (κ2) is 4.11. The van der Waals surface area contributed by atoms with Crippen LogP contribution in [0.5, 0.6) is 0 Å². The molecule has 0 unspecified atom stereocenters. The summed E-state index contributed by atoms with van der Waals surface area (Å²) >= 11 is 0. The van der Waals surface area contributed by atoms with Crippen LogP contribution in [0.1, 0.15) is 19.8 Å². The van der Waals surface area contributed by atoms with Gasteiger partial charge in [-0.05, 0) is 19.4 Å². The van der Waals surface area contributed by atoms with Crippen LogP contribution in [-0.2, 0) is 0 Å². The van der Waals surface area contributed by atoms with E-state index in [9.17, 15) is 8.96 Å². The molecule has 0 atom stereocenters. The van der Waals surface area contributed by atoms with E-state index in [0.29, 0.717) is 12.8 Å². The van der Waals surface area contributed by atoms with Crippen molar-refractivity contribution in [3.8, 4) is 0 Å². The molecule has 1 saturated heterocycles. The number of hydrogen-bond acceptors (Lipinski definition) is 3. The van der Waals surface area contributed by atoms with Crippen LogP contribution in [0.4, 0.5) is 8.96 Å². The molecule has 1 rings (SSSR count). The third kappa shape index (κ3) is 1.91. The van der Waals surface area contributed by atoms with E-state index < -0.39 is 5.66 Å². The van der Waals surface area contributed by atoms with Crippen molar-refractivity contribution in [2.24, 2.45) is 0 Å². The van der Waals surface area contributed by atoms with Crippen LogP contribution in [0.25, 0.3) is 0 Å². The molecule has 1 heterocycles. The van der Waals surface area contributed by atoms with Gasteiger partial charge in [-0.25, -0.2) is 0 Å². The SMILES string of the molecule is CCN1CCC(NF)(NF)CC1. The summed E-state index contributed by atoms with van der Waals surface area (Å²) in [6.07, 6.45) is 0.904. The molecule has 1 fully saturated rings. The number of piperidine rings is 1. The van der Waals surface area contributed by atoms with E-state index in [-0.39, 0.29) is 0 Å². The molecule has 72 valence electrons. The van der Waals surface area contributed by atoms with Crippen LogP contribution in [0.15, 0.2) is 0 Å². The third-order valence-corrected chi connectivity index (χ3v) is 2.52. The highest BCUT2D eigenvalue weighted by Crippen LogP contribution is 2.19. The average molecular weight is 179 g/mol. The first-order valence-electron chi connectivity index (χ1n) is 4.24. The quantitative estimate of drug-likeness (QED) is 0.494. The van der Waals surface area contributed by atoms with Crippen molar-refractivity contribution < 1.29 is 8.96 Å². The molecule has 0 radical (unpaired) electrons. The lowest BCUT2D eigenvalue weighted by molar-refractivity contribution is 0.00490. The van der Waals surface area contributed by atoms with Gasteiger partial charge < -0.3 is 4.90 Å². The van der Waals surface area contributed by atoms with Crippen molar-refractivity contribution in [2.75, 3.05) is 19.6 Å². The Morgan fingerprint density at radius 1 is 1.25 bits per heavy atom. The zero-order valence-corrected chi connectivity index (χ0v) is 7.24. The van der Waals surface area contributed by atoms with E-state index in [1.54, 1.807) is 0 Å². The van der Waals surface area contributed by atoms with Gasteiger partial charge in [-0.2, -0.15) is 0 Å². The summed E-state index contributed by atoms with van der Waals surface area (Å²) in [6, 6.07) is 0. The number of likely N-dealkylation sites (tertiary alicyclic amines) is 1. The fraction of sp³-hybridized carbons (Fsp3) is 1.00. The van der Waals surface area contributed by atoms with E-state index in [1.807, 2.05) is 6.92 Å². The van der Waals surface area contributed by atoms with Crippen LogP contribution in [0, 0.1) is 0 Å². The van der Waals surface area contributed by atoms with Gasteiger partial charge in [0.25, 0.3) is 0 Å². The predicted molar refractivity (Wildman–Crippen MR) is 42.6 cm³/mol. The van der Waals surface area contributed by atoms with E-state index in [0.717, 1.165) is 19.6 Å². The highest BCUT2D eigenvalue weighted by molar-refractivity contribution is 4.85. The van der Waals surface area contributed by atoms with Gasteiger partial charge in [0.05, 0.1) is 0 Å². The molecule has 0 aliphatic carbocycles. The van der Waals surface area contributed by atoms with E-state index in [4.69, 9.17) is 0 Å². The van der Waals surface area contributed by atoms with Crippen molar-refractivity contribution in [1.82, 2.24) is 16.0 Å². The van der Waals surface area contributed by atoms with Gasteiger partial charge in [-0.15, -0.1) is 20.0 Å². The molecule has 0 bridgehead atoms. The molecule has 0 aromatic carbocycles. The molecule has 12 heavy (non-hydrogen) atoms. The summed E-state index contributed by atoms with van der Waals surface area (Å²) in [6.45, 7) is 4.43. The van der Waals surface area contributed by atoms with Crippen molar-refractivity contribution in [1.29, 1.82) is 0 Å². The maximum atomic E-state index is 12.2. The molecule has 0 aromatic heterocycles. The first kappa shape index (κ1) is 9.83. The van der Waals surface area contributed by atoms with E-state index in [2.05, 4.69) is 4.90 Å². The van der Waals surface area contributed by atoms with Gasteiger partial charge in [0, 0.05) is 13.1 Å². The Bertz CT molecular complexity index is 129. The van der Waals surface area contributed by atoms with Crippen molar-refractivity contribution >= 4 is 0 Å². The number of nitrogens with zero attached hydrogens (tertiary/aromatic N) is 1. The molecular weight excluding hydrogens is 164 g/mol. The summed E-state index contributed by atoms with van der Waals surface area (Å²) < 4.78 is 24.4. The molecule has 0 amide bonds. The highest BCUT2D eigenvalue weighted by atomic mass is 19.2. The Hall–Kier alpha value is -0.260. The van der Waals surface area contributed by atoms with Crippen LogP contribution in [0.2, 0.25) is 0 Å². The fourth-order valence-electron chi connectivity index (χ4n) is 1.46.